The number of hydrogen-bond donors (Lipinski definition) is 3. The molecule has 0 spiro atoms. The second-order valence-corrected chi connectivity index (χ2v) is 3.12. The van der Waals surface area contributed by atoms with Crippen molar-refractivity contribution in [2.45, 2.75) is 19.4 Å². The van der Waals surface area contributed by atoms with Crippen LogP contribution >= 0.6 is 0 Å². The molecule has 3 N–H and O–H groups in total. The van der Waals surface area contributed by atoms with Crippen molar-refractivity contribution in [2.75, 3.05) is 7.11 Å². The van der Waals surface area contributed by atoms with Crippen molar-refractivity contribution in [3.63, 3.8) is 0 Å². The van der Waals surface area contributed by atoms with Crippen LogP contribution in [-0.4, -0.2) is 28.2 Å². The Kier molecular flexibility index (Phi) is 2.48. The molecule has 0 fully saturated rings. The number of carboxylic acids is 1. The summed E-state index contributed by atoms with van der Waals surface area (Å²) in [6, 6.07) is 0. The Balaban J connectivity index is 3.32. The Hall–Kier alpha value is -1.56. The summed E-state index contributed by atoms with van der Waals surface area (Å²) in [5.41, 5.74) is -1.27. The van der Waals surface area contributed by atoms with E-state index in [2.05, 4.69) is 9.97 Å². The van der Waals surface area contributed by atoms with Gasteiger partial charge in [0.1, 0.15) is 0 Å². The Morgan fingerprint density at radius 2 is 2.07 bits per heavy atom. The van der Waals surface area contributed by atoms with Crippen LogP contribution in [0.4, 0.5) is 0 Å². The topological polar surface area (TPSA) is 95.2 Å². The summed E-state index contributed by atoms with van der Waals surface area (Å²) < 4.78 is 4.89. The first-order valence-corrected chi connectivity index (χ1v) is 3.99. The highest BCUT2D eigenvalue weighted by atomic mass is 16.5. The predicted molar refractivity (Wildman–Crippen MR) is 48.1 cm³/mol. The zero-order valence-corrected chi connectivity index (χ0v) is 8.17. The first kappa shape index (κ1) is 10.5. The van der Waals surface area contributed by atoms with Crippen molar-refractivity contribution in [1.82, 2.24) is 9.97 Å². The number of nitrogens with one attached hydrogen (secondary N) is 2. The molecule has 6 nitrogen and oxygen atoms in total. The van der Waals surface area contributed by atoms with Crippen molar-refractivity contribution >= 4 is 5.97 Å². The number of rotatable bonds is 3. The van der Waals surface area contributed by atoms with Gasteiger partial charge in [-0.1, -0.05) is 0 Å². The highest BCUT2D eigenvalue weighted by molar-refractivity contribution is 5.78. The van der Waals surface area contributed by atoms with Crippen LogP contribution in [0.1, 0.15) is 18.3 Å². The number of ether oxygens (including phenoxy) is 1. The van der Waals surface area contributed by atoms with Crippen LogP contribution in [0, 0.1) is 6.92 Å². The van der Waals surface area contributed by atoms with Gasteiger partial charge in [-0.3, -0.25) is 0 Å². The molecule has 0 saturated heterocycles. The summed E-state index contributed by atoms with van der Waals surface area (Å²) in [4.78, 5) is 26.7. The summed E-state index contributed by atoms with van der Waals surface area (Å²) >= 11 is 0. The number of aromatic nitrogens is 2. The minimum Gasteiger partial charge on any atom is -0.479 e. The lowest BCUT2D eigenvalue weighted by molar-refractivity contribution is -0.161. The van der Waals surface area contributed by atoms with Gasteiger partial charge in [0.25, 0.3) is 0 Å². The quantitative estimate of drug-likeness (QED) is 0.637. The molecule has 0 aliphatic heterocycles. The zero-order valence-electron chi connectivity index (χ0n) is 8.17. The number of aliphatic carboxylic acids is 1. The monoisotopic (exact) mass is 200 g/mol. The number of aromatic amines is 2. The van der Waals surface area contributed by atoms with Gasteiger partial charge in [0, 0.05) is 12.8 Å². The van der Waals surface area contributed by atoms with E-state index in [1.165, 1.54) is 14.0 Å². The first-order chi connectivity index (χ1) is 6.41. The second kappa shape index (κ2) is 3.30. The third-order valence-corrected chi connectivity index (χ3v) is 2.21. The SMILES string of the molecule is COC(C)(C(=O)O)c1[nH]c(=O)[nH]c1C. The maximum Gasteiger partial charge on any atom is 0.341 e. The average molecular weight is 200 g/mol. The molecule has 0 amide bonds. The van der Waals surface area contributed by atoms with E-state index in [9.17, 15) is 9.59 Å². The molecular formula is C8H12N2O4. The van der Waals surface area contributed by atoms with Crippen LogP contribution in [0.3, 0.4) is 0 Å². The molecule has 0 aromatic carbocycles. The number of imidazole rings is 1. The Morgan fingerprint density at radius 3 is 2.36 bits per heavy atom. The van der Waals surface area contributed by atoms with Gasteiger partial charge in [-0.05, 0) is 13.8 Å². The molecule has 0 bridgehead atoms. The van der Waals surface area contributed by atoms with Gasteiger partial charge in [0.15, 0.2) is 0 Å². The van der Waals surface area contributed by atoms with Crippen molar-refractivity contribution in [3.8, 4) is 0 Å². The van der Waals surface area contributed by atoms with E-state index >= 15 is 0 Å². The minimum absolute atomic E-state index is 0.234. The smallest absolute Gasteiger partial charge is 0.341 e. The van der Waals surface area contributed by atoms with Gasteiger partial charge in [-0.25, -0.2) is 9.59 Å². The number of carboxylic acid groups (broad SMARTS) is 1. The third kappa shape index (κ3) is 1.44. The van der Waals surface area contributed by atoms with Crippen molar-refractivity contribution in [2.24, 2.45) is 0 Å². The molecule has 14 heavy (non-hydrogen) atoms. The molecule has 1 aromatic rings. The molecule has 1 aromatic heterocycles. The van der Waals surface area contributed by atoms with Gasteiger partial charge in [0.05, 0.1) is 5.69 Å². The van der Waals surface area contributed by atoms with Crippen LogP contribution in [0.15, 0.2) is 4.79 Å². The summed E-state index contributed by atoms with van der Waals surface area (Å²) in [7, 11) is 1.28. The lowest BCUT2D eigenvalue weighted by Crippen LogP contribution is -2.35. The molecule has 1 unspecified atom stereocenters. The van der Waals surface area contributed by atoms with Crippen LogP contribution in [0.5, 0.6) is 0 Å². The fraction of sp³-hybridized carbons (Fsp3) is 0.500. The van der Waals surface area contributed by atoms with E-state index in [0.717, 1.165) is 0 Å². The van der Waals surface area contributed by atoms with Gasteiger partial charge in [-0.15, -0.1) is 0 Å². The number of methoxy groups -OCH3 is 1. The maximum atomic E-state index is 11.0. The summed E-state index contributed by atoms with van der Waals surface area (Å²) in [5.74, 6) is -1.15. The molecule has 0 aliphatic rings. The number of carbonyl (C=O) groups is 1. The van der Waals surface area contributed by atoms with E-state index in [1.807, 2.05) is 0 Å². The Bertz CT molecular complexity index is 406. The molecule has 0 saturated carbocycles. The summed E-state index contributed by atoms with van der Waals surface area (Å²) in [6.07, 6.45) is 0. The molecule has 1 atom stereocenters. The van der Waals surface area contributed by atoms with E-state index < -0.39 is 17.3 Å². The van der Waals surface area contributed by atoms with Gasteiger partial charge in [-0.2, -0.15) is 0 Å². The minimum atomic E-state index is -1.52. The molecule has 0 aliphatic carbocycles. The number of H-pyrrole nitrogens is 2. The first-order valence-electron chi connectivity index (χ1n) is 3.99. The van der Waals surface area contributed by atoms with Crippen LogP contribution in [0.2, 0.25) is 0 Å². The fourth-order valence-electron chi connectivity index (χ4n) is 1.24. The molecule has 0 radical (unpaired) electrons. The molecule has 1 rings (SSSR count). The van der Waals surface area contributed by atoms with E-state index in [1.54, 1.807) is 6.92 Å². The molecule has 6 heteroatoms. The Labute approximate surface area is 79.9 Å². The van der Waals surface area contributed by atoms with E-state index in [0.29, 0.717) is 5.69 Å². The third-order valence-electron chi connectivity index (χ3n) is 2.21. The average Bonchev–Trinajstić information content (AvgIpc) is 2.44. The second-order valence-electron chi connectivity index (χ2n) is 3.12. The maximum absolute atomic E-state index is 11.0. The van der Waals surface area contributed by atoms with Gasteiger partial charge in [0.2, 0.25) is 5.60 Å². The standard InChI is InChI=1S/C8H12N2O4/c1-4-5(10-7(13)9-4)8(2,14-3)6(11)12/h1-3H3,(H,11,12)(H2,9,10,13). The molecule has 1 heterocycles. The fourth-order valence-corrected chi connectivity index (χ4v) is 1.24. The van der Waals surface area contributed by atoms with Gasteiger partial charge < -0.3 is 19.8 Å². The number of hydrogen-bond acceptors (Lipinski definition) is 3. The van der Waals surface area contributed by atoms with Crippen molar-refractivity contribution in [1.29, 1.82) is 0 Å². The van der Waals surface area contributed by atoms with Crippen molar-refractivity contribution in [3.05, 3.63) is 21.9 Å². The highest BCUT2D eigenvalue weighted by Crippen LogP contribution is 2.24. The van der Waals surface area contributed by atoms with Crippen LogP contribution in [0.25, 0.3) is 0 Å². The molecule has 78 valence electrons. The lowest BCUT2D eigenvalue weighted by atomic mass is 10.0. The zero-order chi connectivity index (χ0) is 10.9. The van der Waals surface area contributed by atoms with E-state index in [4.69, 9.17) is 9.84 Å². The van der Waals surface area contributed by atoms with Gasteiger partial charge >= 0.3 is 11.7 Å². The molecular weight excluding hydrogens is 188 g/mol. The number of aryl methyl sites for hydroxylation is 1. The largest absolute Gasteiger partial charge is 0.479 e. The predicted octanol–water partition coefficient (Wildman–Crippen LogP) is -0.0424. The van der Waals surface area contributed by atoms with Crippen LogP contribution < -0.4 is 5.69 Å². The summed E-state index contributed by atoms with van der Waals surface area (Å²) in [5, 5.41) is 8.96. The Morgan fingerprint density at radius 1 is 1.50 bits per heavy atom. The summed E-state index contributed by atoms with van der Waals surface area (Å²) in [6.45, 7) is 2.98. The van der Waals surface area contributed by atoms with E-state index in [-0.39, 0.29) is 5.69 Å². The van der Waals surface area contributed by atoms with Crippen LogP contribution in [-0.2, 0) is 15.1 Å². The lowest BCUT2D eigenvalue weighted by Gasteiger charge is -2.22. The highest BCUT2D eigenvalue weighted by Gasteiger charge is 2.38. The van der Waals surface area contributed by atoms with Crippen molar-refractivity contribution < 1.29 is 14.6 Å². The normalized spacial score (nSPS) is 15.1.